The molecule has 0 aliphatic rings. The van der Waals surface area contributed by atoms with Gasteiger partial charge in [0, 0.05) is 10.3 Å². The van der Waals surface area contributed by atoms with E-state index in [0.29, 0.717) is 18.4 Å². The Morgan fingerprint density at radius 3 is 2.41 bits per heavy atom. The molecule has 0 fully saturated rings. The molecule has 2 atom stereocenters. The van der Waals surface area contributed by atoms with Gasteiger partial charge in [-0.25, -0.2) is 4.39 Å². The zero-order chi connectivity index (χ0) is 16.8. The minimum Gasteiger partial charge on any atom is -0.303 e. The van der Waals surface area contributed by atoms with Crippen molar-refractivity contribution in [1.29, 1.82) is 0 Å². The van der Waals surface area contributed by atoms with E-state index in [2.05, 4.69) is 0 Å². The maximum Gasteiger partial charge on any atom is 0.211 e. The zero-order valence-corrected chi connectivity index (χ0v) is 13.2. The lowest BCUT2D eigenvalue weighted by Crippen LogP contribution is -2.32. The molecule has 1 aromatic carbocycles. The first-order chi connectivity index (χ1) is 10.3. The predicted octanol–water partition coefficient (Wildman–Crippen LogP) is 4.14. The average Bonchev–Trinajstić information content (AvgIpc) is 2.45. The minimum atomic E-state index is -0.864. The van der Waals surface area contributed by atoms with Crippen LogP contribution in [0, 0.1) is 21.3 Å². The maximum atomic E-state index is 13.1. The normalized spacial score (nSPS) is 14.7. The zero-order valence-electron chi connectivity index (χ0n) is 13.2. The molecule has 0 aliphatic heterocycles. The fraction of sp³-hybridized carbons (Fsp3) is 0.471. The van der Waals surface area contributed by atoms with Crippen LogP contribution in [0.2, 0.25) is 0 Å². The molecule has 5 heteroatoms. The summed E-state index contributed by atoms with van der Waals surface area (Å²) in [7, 11) is 0. The van der Waals surface area contributed by atoms with E-state index < -0.39 is 22.1 Å². The Morgan fingerprint density at radius 1 is 1.36 bits per heavy atom. The molecule has 0 bridgehead atoms. The fourth-order valence-electron chi connectivity index (χ4n) is 2.53. The van der Waals surface area contributed by atoms with Crippen LogP contribution in [-0.4, -0.2) is 17.8 Å². The molecule has 0 N–H and O–H groups in total. The second-order valence-corrected chi connectivity index (χ2v) is 6.06. The summed E-state index contributed by atoms with van der Waals surface area (Å²) < 4.78 is 13.1. The number of rotatable bonds is 8. The van der Waals surface area contributed by atoms with Gasteiger partial charge in [-0.05, 0) is 44.4 Å². The topological polar surface area (TPSA) is 60.2 Å². The third-order valence-electron chi connectivity index (χ3n) is 3.90. The summed E-state index contributed by atoms with van der Waals surface area (Å²) in [5.41, 5.74) is 0.891. The lowest BCUT2D eigenvalue weighted by Gasteiger charge is -2.30. The summed E-state index contributed by atoms with van der Waals surface area (Å²) in [6.45, 7) is 5.31. The summed E-state index contributed by atoms with van der Waals surface area (Å²) >= 11 is 0. The highest BCUT2D eigenvalue weighted by atomic mass is 19.1. The Hall–Kier alpha value is -2.04. The first kappa shape index (κ1) is 18.0. The van der Waals surface area contributed by atoms with E-state index in [-0.39, 0.29) is 6.54 Å². The van der Waals surface area contributed by atoms with Gasteiger partial charge in [0.15, 0.2) is 0 Å². The second-order valence-electron chi connectivity index (χ2n) is 6.06. The van der Waals surface area contributed by atoms with Crippen LogP contribution >= 0.6 is 0 Å². The molecule has 0 saturated heterocycles. The number of halogens is 1. The summed E-state index contributed by atoms with van der Waals surface area (Å²) in [4.78, 5) is 22.2. The molecule has 22 heavy (non-hydrogen) atoms. The van der Waals surface area contributed by atoms with Crippen molar-refractivity contribution in [3.05, 3.63) is 57.4 Å². The third kappa shape index (κ3) is 5.06. The highest BCUT2D eigenvalue weighted by molar-refractivity contribution is 5.61. The van der Waals surface area contributed by atoms with Crippen molar-refractivity contribution >= 4 is 6.29 Å². The number of allylic oxidation sites excluding steroid dienone is 2. The van der Waals surface area contributed by atoms with E-state index in [1.54, 1.807) is 6.92 Å². The van der Waals surface area contributed by atoms with Gasteiger partial charge in [-0.15, -0.1) is 0 Å². The highest BCUT2D eigenvalue weighted by Gasteiger charge is 2.38. The van der Waals surface area contributed by atoms with Crippen molar-refractivity contribution in [1.82, 2.24) is 0 Å². The van der Waals surface area contributed by atoms with Crippen LogP contribution in [0.4, 0.5) is 4.39 Å². The average molecular weight is 307 g/mol. The molecule has 0 aromatic heterocycles. The molecule has 0 amide bonds. The van der Waals surface area contributed by atoms with Gasteiger partial charge in [-0.2, -0.15) is 0 Å². The highest BCUT2D eigenvalue weighted by Crippen LogP contribution is 2.38. The van der Waals surface area contributed by atoms with Gasteiger partial charge >= 0.3 is 0 Å². The van der Waals surface area contributed by atoms with Gasteiger partial charge in [0.1, 0.15) is 12.1 Å². The Bertz CT molecular complexity index is 550. The SMILES string of the molecule is CC(C)=CCC[C@](C)(C=O)[C@@H](C[N+](=O)[O-])c1ccc(F)cc1. The lowest BCUT2D eigenvalue weighted by molar-refractivity contribution is -0.485. The van der Waals surface area contributed by atoms with E-state index in [1.165, 1.54) is 24.3 Å². The number of benzene rings is 1. The van der Waals surface area contributed by atoms with Crippen LogP contribution in [0.5, 0.6) is 0 Å². The lowest BCUT2D eigenvalue weighted by atomic mass is 9.71. The molecule has 0 saturated carbocycles. The van der Waals surface area contributed by atoms with Crippen molar-refractivity contribution in [2.75, 3.05) is 6.54 Å². The summed E-state index contributed by atoms with van der Waals surface area (Å²) in [6, 6.07) is 5.57. The van der Waals surface area contributed by atoms with Gasteiger partial charge in [0.2, 0.25) is 6.54 Å². The number of hydrogen-bond acceptors (Lipinski definition) is 3. The van der Waals surface area contributed by atoms with Crippen molar-refractivity contribution in [3.8, 4) is 0 Å². The molecule has 120 valence electrons. The van der Waals surface area contributed by atoms with Gasteiger partial charge in [0.25, 0.3) is 0 Å². The van der Waals surface area contributed by atoms with Crippen molar-refractivity contribution < 1.29 is 14.1 Å². The predicted molar refractivity (Wildman–Crippen MR) is 83.8 cm³/mol. The Kier molecular flexibility index (Phi) is 6.40. The molecule has 1 rings (SSSR count). The first-order valence-corrected chi connectivity index (χ1v) is 7.25. The fourth-order valence-corrected chi connectivity index (χ4v) is 2.53. The summed E-state index contributed by atoms with van der Waals surface area (Å²) in [5.74, 6) is -0.980. The number of hydrogen-bond donors (Lipinski definition) is 0. The van der Waals surface area contributed by atoms with Crippen LogP contribution in [-0.2, 0) is 4.79 Å². The van der Waals surface area contributed by atoms with E-state index in [0.717, 1.165) is 11.9 Å². The van der Waals surface area contributed by atoms with Gasteiger partial charge in [-0.3, -0.25) is 10.1 Å². The first-order valence-electron chi connectivity index (χ1n) is 7.25. The van der Waals surface area contributed by atoms with E-state index in [1.807, 2.05) is 19.9 Å². The quantitative estimate of drug-likeness (QED) is 0.314. The standard InChI is InChI=1S/C17H22FNO3/c1-13(2)5-4-10-17(3,12-20)16(11-19(21)22)14-6-8-15(18)9-7-14/h5-9,12,16H,4,10-11H2,1-3H3/t16-,17+/m0/s1. The van der Waals surface area contributed by atoms with Gasteiger partial charge in [-0.1, -0.05) is 30.7 Å². The Balaban J connectivity index is 3.10. The van der Waals surface area contributed by atoms with Gasteiger partial charge in [0.05, 0.1) is 5.92 Å². The minimum absolute atomic E-state index is 0.351. The number of carbonyl (C=O) groups is 1. The Labute approximate surface area is 130 Å². The van der Waals surface area contributed by atoms with E-state index in [4.69, 9.17) is 0 Å². The number of aldehydes is 1. The third-order valence-corrected chi connectivity index (χ3v) is 3.90. The smallest absolute Gasteiger partial charge is 0.211 e. The van der Waals surface area contributed by atoms with Crippen LogP contribution in [0.1, 0.15) is 45.1 Å². The van der Waals surface area contributed by atoms with Crippen molar-refractivity contribution in [3.63, 3.8) is 0 Å². The molecule has 4 nitrogen and oxygen atoms in total. The second kappa shape index (κ2) is 7.82. The summed E-state index contributed by atoms with van der Waals surface area (Å²) in [6.07, 6.45) is 3.99. The number of nitro groups is 1. The molecule has 0 heterocycles. The van der Waals surface area contributed by atoms with E-state index >= 15 is 0 Å². The van der Waals surface area contributed by atoms with Crippen molar-refractivity contribution in [2.24, 2.45) is 5.41 Å². The number of nitrogens with zero attached hydrogens (tertiary/aromatic N) is 1. The Morgan fingerprint density at radius 2 is 1.95 bits per heavy atom. The molecule has 1 aromatic rings. The van der Waals surface area contributed by atoms with E-state index in [9.17, 15) is 19.3 Å². The van der Waals surface area contributed by atoms with Crippen LogP contribution in [0.15, 0.2) is 35.9 Å². The molecule has 0 aliphatic carbocycles. The van der Waals surface area contributed by atoms with Gasteiger partial charge < -0.3 is 4.79 Å². The largest absolute Gasteiger partial charge is 0.303 e. The van der Waals surface area contributed by atoms with Crippen LogP contribution in [0.3, 0.4) is 0 Å². The monoisotopic (exact) mass is 307 g/mol. The molecular formula is C17H22FNO3. The molecule has 0 spiro atoms. The molecule has 0 radical (unpaired) electrons. The van der Waals surface area contributed by atoms with Crippen LogP contribution in [0.25, 0.3) is 0 Å². The molecule has 0 unspecified atom stereocenters. The number of carbonyl (C=O) groups excluding carboxylic acids is 1. The maximum absolute atomic E-state index is 13.1. The van der Waals surface area contributed by atoms with Crippen molar-refractivity contribution in [2.45, 2.75) is 39.5 Å². The summed E-state index contributed by atoms with van der Waals surface area (Å²) in [5, 5.41) is 11.0. The van der Waals surface area contributed by atoms with Crippen LogP contribution < -0.4 is 0 Å². The molecular weight excluding hydrogens is 285 g/mol.